The van der Waals surface area contributed by atoms with E-state index in [-0.39, 0.29) is 5.57 Å². The first-order valence-corrected chi connectivity index (χ1v) is 5.86. The summed E-state index contributed by atoms with van der Waals surface area (Å²) in [6, 6.07) is 0. The lowest BCUT2D eigenvalue weighted by atomic mass is 10.3. The molecule has 0 saturated heterocycles. The number of nitrogens with zero attached hydrogens (tertiary/aromatic N) is 4. The number of esters is 1. The second kappa shape index (κ2) is 6.03. The van der Waals surface area contributed by atoms with E-state index in [1.54, 1.807) is 35.4 Å². The third-order valence-electron chi connectivity index (χ3n) is 1.87. The molecule has 1 aromatic heterocycles. The molecule has 0 unspecified atom stereocenters. The average Bonchev–Trinajstić information content (AvgIpc) is 2.74. The highest BCUT2D eigenvalue weighted by molar-refractivity contribution is 8.14. The van der Waals surface area contributed by atoms with Crippen LogP contribution < -0.4 is 4.57 Å². The van der Waals surface area contributed by atoms with E-state index in [1.807, 2.05) is 7.05 Å². The van der Waals surface area contributed by atoms with Crippen molar-refractivity contribution in [2.75, 3.05) is 13.4 Å². The molecule has 0 aliphatic rings. The number of carbonyl (C=O) groups excluding carboxylic acids is 1. The van der Waals surface area contributed by atoms with Gasteiger partial charge in [-0.1, -0.05) is 5.10 Å². The Balaban J connectivity index is 3.10. The molecule has 0 spiro atoms. The van der Waals surface area contributed by atoms with Crippen LogP contribution in [0, 0.1) is 0 Å². The van der Waals surface area contributed by atoms with E-state index in [9.17, 15) is 4.79 Å². The number of carbonyl (C=O) groups is 1. The van der Waals surface area contributed by atoms with Gasteiger partial charge < -0.3 is 10.1 Å². The van der Waals surface area contributed by atoms with Gasteiger partial charge in [-0.25, -0.2) is 9.36 Å². The highest BCUT2D eigenvalue weighted by Crippen LogP contribution is 2.09. The minimum absolute atomic E-state index is 0.101. The molecule has 0 amide bonds. The first-order valence-electron chi connectivity index (χ1n) is 4.64. The lowest BCUT2D eigenvalue weighted by molar-refractivity contribution is -0.671. The van der Waals surface area contributed by atoms with Crippen molar-refractivity contribution in [3.8, 4) is 0 Å². The molecule has 0 atom stereocenters. The van der Waals surface area contributed by atoms with Gasteiger partial charge in [-0.3, -0.25) is 5.87 Å². The summed E-state index contributed by atoms with van der Waals surface area (Å²) in [5.41, 5.74) is -0.101. The molecule has 0 N–H and O–H groups in total. The second-order valence-electron chi connectivity index (χ2n) is 3.05. The van der Waals surface area contributed by atoms with E-state index >= 15 is 0 Å². The van der Waals surface area contributed by atoms with E-state index in [1.165, 1.54) is 23.5 Å². The van der Waals surface area contributed by atoms with Gasteiger partial charge in [0.15, 0.2) is 11.2 Å². The molecule has 0 aliphatic heterocycles. The molecule has 90 valence electrons. The van der Waals surface area contributed by atoms with Crippen molar-refractivity contribution in [2.24, 2.45) is 12.1 Å². The van der Waals surface area contributed by atoms with Crippen LogP contribution in [0.3, 0.4) is 0 Å². The smallest absolute Gasteiger partial charge is 0.346 e. The maximum absolute atomic E-state index is 11.3. The summed E-state index contributed by atoms with van der Waals surface area (Å²) in [6.07, 6.45) is 6.96. The van der Waals surface area contributed by atoms with Crippen molar-refractivity contribution in [1.29, 1.82) is 0 Å². The SMILES string of the molecule is COC(=O)C(=C=[N-])/C(=N/n1cc[n+](C)c1)SC. The van der Waals surface area contributed by atoms with Gasteiger partial charge in [0.05, 0.1) is 14.2 Å². The normalized spacial score (nSPS) is 10.9. The number of methoxy groups -OCH3 is 1. The summed E-state index contributed by atoms with van der Waals surface area (Å²) in [6.45, 7) is 0. The fourth-order valence-electron chi connectivity index (χ4n) is 1.08. The van der Waals surface area contributed by atoms with Crippen molar-refractivity contribution in [1.82, 2.24) is 4.68 Å². The number of imidazole rings is 1. The second-order valence-corrected chi connectivity index (χ2v) is 3.84. The van der Waals surface area contributed by atoms with Gasteiger partial charge in [-0.15, -0.1) is 16.4 Å². The Bertz CT molecular complexity index is 500. The van der Waals surface area contributed by atoms with Crippen LogP contribution in [0.25, 0.3) is 5.41 Å². The van der Waals surface area contributed by atoms with Crippen LogP contribution in [0.4, 0.5) is 0 Å². The van der Waals surface area contributed by atoms with Gasteiger partial charge in [0, 0.05) is 0 Å². The number of hydrogen-bond acceptors (Lipinski definition) is 4. The van der Waals surface area contributed by atoms with Crippen LogP contribution in [0.2, 0.25) is 0 Å². The van der Waals surface area contributed by atoms with Gasteiger partial charge in [0.25, 0.3) is 6.33 Å². The summed E-state index contributed by atoms with van der Waals surface area (Å²) >= 11 is 1.21. The molecule has 0 saturated carbocycles. The quantitative estimate of drug-likeness (QED) is 0.253. The van der Waals surface area contributed by atoms with Crippen molar-refractivity contribution in [2.45, 2.75) is 0 Å². The predicted molar refractivity (Wildman–Crippen MR) is 65.9 cm³/mol. The van der Waals surface area contributed by atoms with Gasteiger partial charge >= 0.3 is 5.97 Å². The van der Waals surface area contributed by atoms with Crippen LogP contribution in [-0.4, -0.2) is 34.9 Å². The molecule has 7 heteroatoms. The van der Waals surface area contributed by atoms with Crippen LogP contribution in [-0.2, 0) is 16.6 Å². The Hall–Kier alpha value is -1.85. The van der Waals surface area contributed by atoms with Gasteiger partial charge in [-0.05, 0) is 6.26 Å². The first kappa shape index (κ1) is 13.2. The van der Waals surface area contributed by atoms with E-state index in [0.717, 1.165) is 0 Å². The summed E-state index contributed by atoms with van der Waals surface area (Å²) in [4.78, 5) is 11.3. The molecular formula is C10H12N4O2S. The van der Waals surface area contributed by atoms with Crippen LogP contribution in [0.15, 0.2) is 29.4 Å². The largest absolute Gasteiger partial charge is 0.763 e. The maximum Gasteiger partial charge on any atom is 0.346 e. The van der Waals surface area contributed by atoms with Crippen LogP contribution >= 0.6 is 11.8 Å². The minimum Gasteiger partial charge on any atom is -0.763 e. The molecular weight excluding hydrogens is 240 g/mol. The molecule has 0 bridgehead atoms. The summed E-state index contributed by atoms with van der Waals surface area (Å²) < 4.78 is 7.84. The number of hydrogen-bond donors (Lipinski definition) is 0. The summed E-state index contributed by atoms with van der Waals surface area (Å²) in [5, 5.41) is 13.4. The maximum atomic E-state index is 11.3. The molecule has 0 aromatic carbocycles. The molecule has 0 aliphatic carbocycles. The molecule has 0 fully saturated rings. The molecule has 1 rings (SSSR count). The van der Waals surface area contributed by atoms with Gasteiger partial charge in [-0.2, -0.15) is 0 Å². The van der Waals surface area contributed by atoms with E-state index < -0.39 is 5.97 Å². The Labute approximate surface area is 103 Å². The fraction of sp³-hybridized carbons (Fsp3) is 0.300. The first-order chi connectivity index (χ1) is 8.12. The lowest BCUT2D eigenvalue weighted by Crippen LogP contribution is -2.23. The number of aromatic nitrogens is 2. The minimum atomic E-state index is -0.683. The van der Waals surface area contributed by atoms with Gasteiger partial charge in [0.1, 0.15) is 11.8 Å². The topological polar surface area (TPSA) is 69.8 Å². The van der Waals surface area contributed by atoms with Gasteiger partial charge in [0.2, 0.25) is 0 Å². The van der Waals surface area contributed by atoms with E-state index in [2.05, 4.69) is 9.84 Å². The third-order valence-corrected chi connectivity index (χ3v) is 2.54. The highest BCUT2D eigenvalue weighted by atomic mass is 32.2. The van der Waals surface area contributed by atoms with Crippen LogP contribution in [0.1, 0.15) is 0 Å². The standard InChI is InChI=1S/C10H12N4O2S/c1-13-4-5-14(7-13)12-9(17-3)8(6-11)10(15)16-2/h4-5,7H,1-3H3/b12-9-. The Morgan fingerprint density at radius 1 is 1.65 bits per heavy atom. The van der Waals surface area contributed by atoms with E-state index in [4.69, 9.17) is 5.41 Å². The Kier molecular flexibility index (Phi) is 4.68. The zero-order valence-corrected chi connectivity index (χ0v) is 10.6. The monoisotopic (exact) mass is 252 g/mol. The van der Waals surface area contributed by atoms with Crippen molar-refractivity contribution < 1.29 is 14.1 Å². The van der Waals surface area contributed by atoms with Crippen LogP contribution in [0.5, 0.6) is 0 Å². The Morgan fingerprint density at radius 3 is 2.76 bits per heavy atom. The van der Waals surface area contributed by atoms with Crippen molar-refractivity contribution in [3.63, 3.8) is 0 Å². The third kappa shape index (κ3) is 3.30. The number of ether oxygens (including phenoxy) is 1. The zero-order chi connectivity index (χ0) is 12.8. The van der Waals surface area contributed by atoms with Crippen molar-refractivity contribution >= 4 is 28.6 Å². The predicted octanol–water partition coefficient (Wildman–Crippen LogP) is 0.176. The van der Waals surface area contributed by atoms with E-state index in [0.29, 0.717) is 5.04 Å². The zero-order valence-electron chi connectivity index (χ0n) is 9.75. The molecule has 1 aromatic rings. The molecule has 1 heterocycles. The Morgan fingerprint density at radius 2 is 2.35 bits per heavy atom. The molecule has 0 radical (unpaired) electrons. The number of aryl methyl sites for hydroxylation is 1. The summed E-state index contributed by atoms with van der Waals surface area (Å²) in [7, 11) is 3.08. The average molecular weight is 252 g/mol. The van der Waals surface area contributed by atoms with Crippen molar-refractivity contribution in [3.05, 3.63) is 29.7 Å². The highest BCUT2D eigenvalue weighted by Gasteiger charge is 2.16. The molecule has 17 heavy (non-hydrogen) atoms. The lowest BCUT2D eigenvalue weighted by Gasteiger charge is -2.03. The fourth-order valence-corrected chi connectivity index (χ4v) is 1.59. The molecule has 6 nitrogen and oxygen atoms in total. The summed E-state index contributed by atoms with van der Waals surface area (Å²) in [5.74, 6) is 1.12. The number of thioether (sulfide) groups is 1. The number of rotatable bonds is 3.